The van der Waals surface area contributed by atoms with Crippen LogP contribution in [-0.4, -0.2) is 42.1 Å². The van der Waals surface area contributed by atoms with Crippen LogP contribution in [0.2, 0.25) is 5.02 Å². The summed E-state index contributed by atoms with van der Waals surface area (Å²) in [6.45, 7) is 4.46. The van der Waals surface area contributed by atoms with E-state index in [1.807, 2.05) is 18.2 Å². The van der Waals surface area contributed by atoms with E-state index in [4.69, 9.17) is 16.0 Å². The number of phenolic OH excluding ortho intramolecular Hbond substituents is 1. The Hall–Kier alpha value is -2.99. The molecule has 1 aromatic heterocycles. The van der Waals surface area contributed by atoms with Crippen LogP contribution in [0.4, 0.5) is 5.69 Å². The molecule has 2 aromatic carbocycles. The van der Waals surface area contributed by atoms with Crippen molar-refractivity contribution < 1.29 is 14.3 Å². The number of hydrogen-bond acceptors (Lipinski definition) is 5. The summed E-state index contributed by atoms with van der Waals surface area (Å²) in [5.41, 5.74) is 1.81. The molecule has 29 heavy (non-hydrogen) atoms. The summed E-state index contributed by atoms with van der Waals surface area (Å²) in [5.74, 6) is -0.251. The van der Waals surface area contributed by atoms with E-state index in [9.17, 15) is 14.7 Å². The average molecular weight is 413 g/mol. The van der Waals surface area contributed by atoms with Gasteiger partial charge in [0.05, 0.1) is 17.0 Å². The maximum atomic E-state index is 12.8. The molecule has 0 radical (unpaired) electrons. The van der Waals surface area contributed by atoms with Crippen molar-refractivity contribution in [2.24, 2.45) is 0 Å². The van der Waals surface area contributed by atoms with Crippen molar-refractivity contribution in [2.75, 3.05) is 31.1 Å². The summed E-state index contributed by atoms with van der Waals surface area (Å²) >= 11 is 5.99. The second-order valence-corrected chi connectivity index (χ2v) is 7.58. The Morgan fingerprint density at radius 3 is 2.52 bits per heavy atom. The van der Waals surface area contributed by atoms with Crippen LogP contribution in [0.25, 0.3) is 11.0 Å². The molecule has 0 bridgehead atoms. The number of fused-ring (bicyclic) bond motifs is 1. The van der Waals surface area contributed by atoms with Crippen LogP contribution in [0.1, 0.15) is 11.1 Å². The molecular formula is C22H21ClN2O4. The first-order valence-corrected chi connectivity index (χ1v) is 9.84. The van der Waals surface area contributed by atoms with Crippen LogP contribution in [0.3, 0.4) is 0 Å². The zero-order valence-electron chi connectivity index (χ0n) is 16.0. The van der Waals surface area contributed by atoms with Gasteiger partial charge in [0.1, 0.15) is 11.3 Å². The van der Waals surface area contributed by atoms with Crippen LogP contribution < -0.4 is 10.5 Å². The molecule has 1 fully saturated rings. The van der Waals surface area contributed by atoms with E-state index in [1.165, 1.54) is 6.07 Å². The number of piperazine rings is 1. The number of hydrogen-bond donors (Lipinski definition) is 1. The van der Waals surface area contributed by atoms with Crippen molar-refractivity contribution >= 4 is 34.2 Å². The van der Waals surface area contributed by atoms with E-state index < -0.39 is 5.63 Å². The number of amides is 1. The van der Waals surface area contributed by atoms with Crippen molar-refractivity contribution in [3.05, 3.63) is 69.0 Å². The Bertz CT molecular complexity index is 1120. The van der Waals surface area contributed by atoms with Crippen LogP contribution in [0.5, 0.6) is 5.75 Å². The normalized spacial score (nSPS) is 14.4. The fourth-order valence-electron chi connectivity index (χ4n) is 3.72. The molecule has 6 nitrogen and oxygen atoms in total. The summed E-state index contributed by atoms with van der Waals surface area (Å²) in [7, 11) is 0. The molecule has 1 saturated heterocycles. The molecule has 1 amide bonds. The Morgan fingerprint density at radius 2 is 1.83 bits per heavy atom. The van der Waals surface area contributed by atoms with E-state index in [0.29, 0.717) is 29.6 Å². The van der Waals surface area contributed by atoms with Gasteiger partial charge in [-0.05, 0) is 30.7 Å². The van der Waals surface area contributed by atoms with Crippen LogP contribution in [0, 0.1) is 6.92 Å². The van der Waals surface area contributed by atoms with Gasteiger partial charge in [-0.15, -0.1) is 0 Å². The minimum absolute atomic E-state index is 0.0199. The number of rotatable bonds is 3. The molecule has 1 N–H and O–H groups in total. The third kappa shape index (κ3) is 3.80. The second-order valence-electron chi connectivity index (χ2n) is 7.17. The minimum atomic E-state index is -0.562. The number of carbonyl (C=O) groups excluding carboxylic acids is 1. The first kappa shape index (κ1) is 19.3. The number of nitrogens with zero attached hydrogens (tertiary/aromatic N) is 2. The van der Waals surface area contributed by atoms with Crippen LogP contribution in [-0.2, 0) is 11.2 Å². The zero-order valence-corrected chi connectivity index (χ0v) is 16.8. The summed E-state index contributed by atoms with van der Waals surface area (Å²) in [6, 6.07) is 13.0. The number of phenols is 1. The van der Waals surface area contributed by atoms with Crippen LogP contribution in [0.15, 0.2) is 51.7 Å². The standard InChI is InChI=1S/C22H21ClN2O4/c1-14-16-11-18(23)19(26)13-20(16)29-22(28)17(14)12-21(27)25-9-7-24(8-10-25)15-5-3-2-4-6-15/h2-6,11,13,26H,7-10,12H2,1H3. The smallest absolute Gasteiger partial charge is 0.340 e. The number of halogens is 1. The van der Waals surface area contributed by atoms with E-state index in [-0.39, 0.29) is 28.7 Å². The molecule has 2 heterocycles. The lowest BCUT2D eigenvalue weighted by Gasteiger charge is -2.36. The maximum absolute atomic E-state index is 12.8. The van der Waals surface area contributed by atoms with Crippen molar-refractivity contribution in [2.45, 2.75) is 13.3 Å². The zero-order chi connectivity index (χ0) is 20.5. The topological polar surface area (TPSA) is 74.0 Å². The van der Waals surface area contributed by atoms with E-state index >= 15 is 0 Å². The van der Waals surface area contributed by atoms with Crippen molar-refractivity contribution in [1.82, 2.24) is 4.90 Å². The van der Waals surface area contributed by atoms with E-state index in [2.05, 4.69) is 17.0 Å². The highest BCUT2D eigenvalue weighted by Crippen LogP contribution is 2.31. The number of aromatic hydroxyl groups is 1. The molecule has 7 heteroatoms. The van der Waals surface area contributed by atoms with Crippen molar-refractivity contribution in [3.63, 3.8) is 0 Å². The fourth-order valence-corrected chi connectivity index (χ4v) is 3.88. The van der Waals surface area contributed by atoms with Gasteiger partial charge in [-0.1, -0.05) is 29.8 Å². The molecule has 1 aliphatic heterocycles. The third-order valence-electron chi connectivity index (χ3n) is 5.44. The van der Waals surface area contributed by atoms with Gasteiger partial charge in [0.2, 0.25) is 5.91 Å². The minimum Gasteiger partial charge on any atom is -0.506 e. The molecule has 0 spiro atoms. The van der Waals surface area contributed by atoms with Gasteiger partial charge in [0.25, 0.3) is 0 Å². The summed E-state index contributed by atoms with van der Waals surface area (Å²) in [6.07, 6.45) is -0.0199. The highest BCUT2D eigenvalue weighted by molar-refractivity contribution is 6.32. The molecule has 0 unspecified atom stereocenters. The van der Waals surface area contributed by atoms with Gasteiger partial charge in [-0.2, -0.15) is 0 Å². The number of para-hydroxylation sites is 1. The van der Waals surface area contributed by atoms with E-state index in [1.54, 1.807) is 17.9 Å². The summed E-state index contributed by atoms with van der Waals surface area (Å²) < 4.78 is 5.32. The van der Waals surface area contributed by atoms with Gasteiger partial charge in [0, 0.05) is 43.3 Å². The highest BCUT2D eigenvalue weighted by Gasteiger charge is 2.24. The Morgan fingerprint density at radius 1 is 1.14 bits per heavy atom. The monoisotopic (exact) mass is 412 g/mol. The average Bonchev–Trinajstić information content (AvgIpc) is 2.73. The third-order valence-corrected chi connectivity index (χ3v) is 5.74. The number of benzene rings is 2. The fraction of sp³-hybridized carbons (Fsp3) is 0.273. The summed E-state index contributed by atoms with van der Waals surface area (Å²) in [5, 5.41) is 10.5. The maximum Gasteiger partial charge on any atom is 0.340 e. The summed E-state index contributed by atoms with van der Waals surface area (Å²) in [4.78, 5) is 29.3. The molecule has 4 rings (SSSR count). The Kier molecular flexibility index (Phi) is 5.20. The highest BCUT2D eigenvalue weighted by atomic mass is 35.5. The van der Waals surface area contributed by atoms with Gasteiger partial charge >= 0.3 is 5.63 Å². The molecule has 1 aliphatic rings. The number of aryl methyl sites for hydroxylation is 1. The molecule has 3 aromatic rings. The van der Waals surface area contributed by atoms with Gasteiger partial charge in [-0.3, -0.25) is 4.79 Å². The first-order valence-electron chi connectivity index (χ1n) is 9.46. The largest absolute Gasteiger partial charge is 0.506 e. The molecule has 0 saturated carbocycles. The number of carbonyl (C=O) groups is 1. The second kappa shape index (κ2) is 7.79. The van der Waals surface area contributed by atoms with Crippen molar-refractivity contribution in [3.8, 4) is 5.75 Å². The lowest BCUT2D eigenvalue weighted by atomic mass is 10.0. The molecule has 0 aliphatic carbocycles. The number of anilines is 1. The predicted octanol–water partition coefficient (Wildman–Crippen LogP) is 3.35. The van der Waals surface area contributed by atoms with Crippen molar-refractivity contribution in [1.29, 1.82) is 0 Å². The SMILES string of the molecule is Cc1c(CC(=O)N2CCN(c3ccccc3)CC2)c(=O)oc2cc(O)c(Cl)cc12. The predicted molar refractivity (Wildman–Crippen MR) is 113 cm³/mol. The lowest BCUT2D eigenvalue weighted by molar-refractivity contribution is -0.130. The molecule has 0 atom stereocenters. The van der Waals surface area contributed by atoms with E-state index in [0.717, 1.165) is 18.8 Å². The lowest BCUT2D eigenvalue weighted by Crippen LogP contribution is -2.49. The van der Waals surface area contributed by atoms with Gasteiger partial charge < -0.3 is 19.3 Å². The first-order chi connectivity index (χ1) is 13.9. The Labute approximate surface area is 172 Å². The van der Waals surface area contributed by atoms with Crippen LogP contribution >= 0.6 is 11.6 Å². The molecule has 150 valence electrons. The quantitative estimate of drug-likeness (QED) is 0.668. The molecular weight excluding hydrogens is 392 g/mol. The van der Waals surface area contributed by atoms with Gasteiger partial charge in [-0.25, -0.2) is 4.79 Å². The Balaban J connectivity index is 1.51. The van der Waals surface area contributed by atoms with Gasteiger partial charge in [0.15, 0.2) is 0 Å².